The van der Waals surface area contributed by atoms with E-state index in [0.717, 1.165) is 66.4 Å². The third-order valence-corrected chi connectivity index (χ3v) is 11.1. The van der Waals surface area contributed by atoms with Crippen molar-refractivity contribution in [1.82, 2.24) is 13.7 Å². The second-order valence-electron chi connectivity index (χ2n) is 14.0. The monoisotopic (exact) mass is 699 g/mol. The SMILES string of the molecule is N#Cc1ccc(-n2c3ccccc3c3ccc(-n4c5ccccc5c5ccccc54)cc32)c(-c2ccc(-n3c4ccccc4c4cc(C#N)ccc43)cc2)c1. The van der Waals surface area contributed by atoms with Crippen LogP contribution in [-0.2, 0) is 0 Å². The molecular formula is C50H29N5. The van der Waals surface area contributed by atoms with Gasteiger partial charge in [-0.2, -0.15) is 10.5 Å². The van der Waals surface area contributed by atoms with Gasteiger partial charge in [-0.05, 0) is 90.5 Å². The van der Waals surface area contributed by atoms with Crippen LogP contribution in [0.3, 0.4) is 0 Å². The largest absolute Gasteiger partial charge is 0.309 e. The van der Waals surface area contributed by atoms with Crippen molar-refractivity contribution in [2.75, 3.05) is 0 Å². The molecule has 0 N–H and O–H groups in total. The maximum atomic E-state index is 10.1. The zero-order valence-electron chi connectivity index (χ0n) is 29.5. The number of nitriles is 2. The summed E-state index contributed by atoms with van der Waals surface area (Å²) in [7, 11) is 0. The molecule has 254 valence electrons. The predicted molar refractivity (Wildman–Crippen MR) is 224 cm³/mol. The first kappa shape index (κ1) is 30.7. The molecule has 3 heterocycles. The van der Waals surface area contributed by atoms with Gasteiger partial charge in [-0.3, -0.25) is 0 Å². The van der Waals surface area contributed by atoms with Gasteiger partial charge in [-0.25, -0.2) is 0 Å². The Morgan fingerprint density at radius 3 is 1.38 bits per heavy atom. The van der Waals surface area contributed by atoms with Crippen LogP contribution in [0.25, 0.3) is 93.6 Å². The number of para-hydroxylation sites is 4. The minimum Gasteiger partial charge on any atom is -0.309 e. The molecule has 0 aliphatic carbocycles. The second kappa shape index (κ2) is 11.8. The molecule has 5 nitrogen and oxygen atoms in total. The Hall–Kier alpha value is -7.86. The predicted octanol–water partition coefficient (Wildman–Crippen LogP) is 12.4. The lowest BCUT2D eigenvalue weighted by Crippen LogP contribution is -2.00. The highest BCUT2D eigenvalue weighted by atomic mass is 15.0. The number of hydrogen-bond acceptors (Lipinski definition) is 2. The second-order valence-corrected chi connectivity index (χ2v) is 14.0. The summed E-state index contributed by atoms with van der Waals surface area (Å²) in [4.78, 5) is 0. The van der Waals surface area contributed by atoms with Crippen molar-refractivity contribution in [3.05, 3.63) is 187 Å². The summed E-state index contributed by atoms with van der Waals surface area (Å²) in [6.07, 6.45) is 0. The standard InChI is InChI=1S/C50H29N5/c51-30-32-17-25-48(42(27-32)34-19-21-35(22-20-34)53-46-15-7-4-12-40(46)43-28-33(31-52)18-26-49(43)53)55-47-16-8-3-11-39(47)41-24-23-36(29-50(41)55)54-44-13-5-1-9-37(44)38-10-2-6-14-45(38)54/h1-29H. The molecule has 3 aromatic heterocycles. The van der Waals surface area contributed by atoms with E-state index in [0.29, 0.717) is 11.1 Å². The first-order valence-electron chi connectivity index (χ1n) is 18.3. The van der Waals surface area contributed by atoms with Gasteiger partial charge in [-0.15, -0.1) is 0 Å². The quantitative estimate of drug-likeness (QED) is 0.184. The number of rotatable bonds is 4. The van der Waals surface area contributed by atoms with Crippen molar-refractivity contribution >= 4 is 65.4 Å². The third-order valence-electron chi connectivity index (χ3n) is 11.1. The Balaban J connectivity index is 1.13. The number of benzene rings is 8. The fourth-order valence-corrected chi connectivity index (χ4v) is 8.70. The molecular weight excluding hydrogens is 671 g/mol. The molecule has 0 saturated heterocycles. The van der Waals surface area contributed by atoms with Gasteiger partial charge in [0.15, 0.2) is 0 Å². The summed E-state index contributed by atoms with van der Waals surface area (Å²) in [6.45, 7) is 0. The molecule has 11 aromatic rings. The number of aromatic nitrogens is 3. The lowest BCUT2D eigenvalue weighted by molar-refractivity contribution is 1.15. The first-order chi connectivity index (χ1) is 27.2. The van der Waals surface area contributed by atoms with Crippen LogP contribution in [0.1, 0.15) is 11.1 Å². The highest BCUT2D eigenvalue weighted by Crippen LogP contribution is 2.40. The van der Waals surface area contributed by atoms with Crippen LogP contribution < -0.4 is 0 Å². The summed E-state index contributed by atoms with van der Waals surface area (Å²) < 4.78 is 6.97. The fourth-order valence-electron chi connectivity index (χ4n) is 8.70. The van der Waals surface area contributed by atoms with Gasteiger partial charge in [0.25, 0.3) is 0 Å². The zero-order valence-corrected chi connectivity index (χ0v) is 29.5. The molecule has 0 aliphatic rings. The molecule has 0 amide bonds. The Morgan fingerprint density at radius 2 is 0.782 bits per heavy atom. The van der Waals surface area contributed by atoms with Crippen LogP contribution in [-0.4, -0.2) is 13.7 Å². The van der Waals surface area contributed by atoms with E-state index in [-0.39, 0.29) is 0 Å². The first-order valence-corrected chi connectivity index (χ1v) is 18.3. The number of fused-ring (bicyclic) bond motifs is 9. The summed E-state index contributed by atoms with van der Waals surface area (Å²) in [5.74, 6) is 0. The van der Waals surface area contributed by atoms with Crippen LogP contribution >= 0.6 is 0 Å². The van der Waals surface area contributed by atoms with E-state index in [1.54, 1.807) is 0 Å². The van der Waals surface area contributed by atoms with Gasteiger partial charge < -0.3 is 13.7 Å². The summed E-state index contributed by atoms with van der Waals surface area (Å²) in [6, 6.07) is 66.0. The van der Waals surface area contributed by atoms with E-state index < -0.39 is 0 Å². The maximum Gasteiger partial charge on any atom is 0.0991 e. The Kier molecular flexibility index (Phi) is 6.61. The van der Waals surface area contributed by atoms with Crippen LogP contribution in [0, 0.1) is 22.7 Å². The average molecular weight is 700 g/mol. The third kappa shape index (κ3) is 4.51. The van der Waals surface area contributed by atoms with E-state index >= 15 is 0 Å². The van der Waals surface area contributed by atoms with Crippen LogP contribution in [0.4, 0.5) is 0 Å². The molecule has 8 aromatic carbocycles. The van der Waals surface area contributed by atoms with Gasteiger partial charge in [0.1, 0.15) is 0 Å². The van der Waals surface area contributed by atoms with E-state index in [1.807, 2.05) is 36.4 Å². The molecule has 0 aliphatic heterocycles. The smallest absolute Gasteiger partial charge is 0.0991 e. The highest BCUT2D eigenvalue weighted by Gasteiger charge is 2.19. The van der Waals surface area contributed by atoms with Gasteiger partial charge in [-0.1, -0.05) is 91.0 Å². The summed E-state index contributed by atoms with van der Waals surface area (Å²) in [5.41, 5.74) is 13.0. The van der Waals surface area contributed by atoms with Crippen molar-refractivity contribution in [2.45, 2.75) is 0 Å². The molecule has 0 atom stereocenters. The molecule has 0 saturated carbocycles. The van der Waals surface area contributed by atoms with Crippen molar-refractivity contribution in [3.8, 4) is 40.3 Å². The molecule has 0 radical (unpaired) electrons. The minimum absolute atomic E-state index is 0.602. The van der Waals surface area contributed by atoms with E-state index in [4.69, 9.17) is 0 Å². The van der Waals surface area contributed by atoms with E-state index in [1.165, 1.54) is 27.2 Å². The highest BCUT2D eigenvalue weighted by molar-refractivity contribution is 6.13. The molecule has 55 heavy (non-hydrogen) atoms. The van der Waals surface area contributed by atoms with Crippen molar-refractivity contribution in [2.24, 2.45) is 0 Å². The lowest BCUT2D eigenvalue weighted by atomic mass is 10.00. The minimum atomic E-state index is 0.602. The topological polar surface area (TPSA) is 62.4 Å². The Bertz CT molecular complexity index is 3400. The van der Waals surface area contributed by atoms with Crippen LogP contribution in [0.15, 0.2) is 176 Å². The van der Waals surface area contributed by atoms with Crippen molar-refractivity contribution in [1.29, 1.82) is 10.5 Å². The molecule has 0 bridgehead atoms. The molecule has 0 fully saturated rings. The maximum absolute atomic E-state index is 10.1. The molecule has 0 unspecified atom stereocenters. The Morgan fingerprint density at radius 1 is 0.327 bits per heavy atom. The van der Waals surface area contributed by atoms with Gasteiger partial charge >= 0.3 is 0 Å². The van der Waals surface area contributed by atoms with E-state index in [2.05, 4.69) is 165 Å². The Labute approximate surface area is 316 Å². The van der Waals surface area contributed by atoms with E-state index in [9.17, 15) is 10.5 Å². The molecule has 11 rings (SSSR count). The van der Waals surface area contributed by atoms with Crippen LogP contribution in [0.5, 0.6) is 0 Å². The summed E-state index contributed by atoms with van der Waals surface area (Å²) >= 11 is 0. The number of nitrogens with zero attached hydrogens (tertiary/aromatic N) is 5. The lowest BCUT2D eigenvalue weighted by Gasteiger charge is -2.16. The van der Waals surface area contributed by atoms with Crippen molar-refractivity contribution < 1.29 is 0 Å². The molecule has 0 spiro atoms. The average Bonchev–Trinajstić information content (AvgIpc) is 3.88. The van der Waals surface area contributed by atoms with Crippen molar-refractivity contribution in [3.63, 3.8) is 0 Å². The fraction of sp³-hybridized carbons (Fsp3) is 0. The zero-order chi connectivity index (χ0) is 36.6. The van der Waals surface area contributed by atoms with Gasteiger partial charge in [0.05, 0.1) is 62.1 Å². The number of hydrogen-bond donors (Lipinski definition) is 0. The summed E-state index contributed by atoms with van der Waals surface area (Å²) in [5, 5.41) is 26.7. The van der Waals surface area contributed by atoms with Gasteiger partial charge in [0.2, 0.25) is 0 Å². The van der Waals surface area contributed by atoms with Gasteiger partial charge in [0, 0.05) is 49.3 Å². The van der Waals surface area contributed by atoms with Crippen LogP contribution in [0.2, 0.25) is 0 Å². The molecule has 5 heteroatoms. The normalized spacial score (nSPS) is 11.6.